The van der Waals surface area contributed by atoms with E-state index in [0.29, 0.717) is 0 Å². The van der Waals surface area contributed by atoms with E-state index >= 15 is 0 Å². The van der Waals surface area contributed by atoms with Gasteiger partial charge in [0.2, 0.25) is 0 Å². The standard InChI is InChI=1S/C29H25N2.C13H24O2.Ir/c1-18-22-12-11-19(17-29(2,3)4)14-26(22)31-25-10-7-13-30-27(25)23-15-20-8-5-6-9-21(20)16-24(23)28(18)31;1-5-10(6-2)12(14)9-13(15)11(7-3)8-4;/h5-14,16H,17H2,1-4H3;9-11,14H,5-8H2,1-4H3;/q-1;;/b;12-9-;. The summed E-state index contributed by atoms with van der Waals surface area (Å²) in [5.41, 5.74) is 7.62. The van der Waals surface area contributed by atoms with Crippen LogP contribution in [-0.2, 0) is 31.3 Å². The van der Waals surface area contributed by atoms with Crippen molar-refractivity contribution in [2.45, 2.75) is 87.5 Å². The quantitative estimate of drug-likeness (QED) is 0.0548. The van der Waals surface area contributed by atoms with Crippen molar-refractivity contribution in [1.29, 1.82) is 0 Å². The molecule has 5 heteroatoms. The molecule has 0 unspecified atom stereocenters. The van der Waals surface area contributed by atoms with Crippen molar-refractivity contribution in [3.05, 3.63) is 95.9 Å². The Balaban J connectivity index is 0.000000269. The third-order valence-electron chi connectivity index (χ3n) is 9.41. The van der Waals surface area contributed by atoms with Gasteiger partial charge in [0.15, 0.2) is 5.78 Å². The predicted octanol–water partition coefficient (Wildman–Crippen LogP) is 11.5. The number of pyridine rings is 2. The van der Waals surface area contributed by atoms with Gasteiger partial charge in [-0.3, -0.25) is 9.78 Å². The number of benzene rings is 3. The van der Waals surface area contributed by atoms with Crippen LogP contribution in [0.3, 0.4) is 0 Å². The van der Waals surface area contributed by atoms with Crippen molar-refractivity contribution in [3.8, 4) is 0 Å². The Morgan fingerprint density at radius 2 is 1.57 bits per heavy atom. The summed E-state index contributed by atoms with van der Waals surface area (Å²) in [6.07, 6.45) is 7.85. The van der Waals surface area contributed by atoms with Gasteiger partial charge in [0, 0.05) is 66.2 Å². The number of carbonyl (C=O) groups is 1. The number of hydrogen-bond donors (Lipinski definition) is 1. The number of aliphatic hydroxyl groups excluding tert-OH is 1. The second kappa shape index (κ2) is 15.1. The van der Waals surface area contributed by atoms with Crippen molar-refractivity contribution in [2.24, 2.45) is 17.3 Å². The first-order valence-electron chi connectivity index (χ1n) is 17.0. The molecule has 1 N–H and O–H groups in total. The summed E-state index contributed by atoms with van der Waals surface area (Å²) in [6.45, 7) is 17.2. The molecule has 249 valence electrons. The molecule has 0 saturated carbocycles. The van der Waals surface area contributed by atoms with Gasteiger partial charge in [-0.2, -0.15) is 0 Å². The number of allylic oxidation sites excluding steroid dienone is 2. The summed E-state index contributed by atoms with van der Waals surface area (Å²) in [6, 6.07) is 25.7. The van der Waals surface area contributed by atoms with Crippen molar-refractivity contribution in [1.82, 2.24) is 9.38 Å². The van der Waals surface area contributed by atoms with Gasteiger partial charge in [-0.15, -0.1) is 23.6 Å². The van der Waals surface area contributed by atoms with E-state index in [9.17, 15) is 9.90 Å². The number of carbonyl (C=O) groups excluding carboxylic acids is 1. The number of rotatable bonds is 8. The molecule has 0 aliphatic heterocycles. The van der Waals surface area contributed by atoms with Gasteiger partial charge in [0.25, 0.3) is 0 Å². The van der Waals surface area contributed by atoms with Crippen LogP contribution in [0.25, 0.3) is 49.0 Å². The van der Waals surface area contributed by atoms with Crippen molar-refractivity contribution in [3.63, 3.8) is 0 Å². The van der Waals surface area contributed by atoms with Gasteiger partial charge in [-0.25, -0.2) is 0 Å². The summed E-state index contributed by atoms with van der Waals surface area (Å²) < 4.78 is 2.42. The molecule has 0 spiro atoms. The molecule has 0 aliphatic rings. The van der Waals surface area contributed by atoms with Gasteiger partial charge < -0.3 is 9.51 Å². The smallest absolute Gasteiger partial charge is 0.162 e. The first kappa shape index (κ1) is 36.3. The zero-order chi connectivity index (χ0) is 33.2. The van der Waals surface area contributed by atoms with E-state index in [1.54, 1.807) is 0 Å². The molecule has 47 heavy (non-hydrogen) atoms. The van der Waals surface area contributed by atoms with Gasteiger partial charge in [-0.05, 0) is 73.8 Å². The molecule has 0 atom stereocenters. The van der Waals surface area contributed by atoms with E-state index in [1.165, 1.54) is 44.4 Å². The molecule has 0 saturated heterocycles. The SMILES string of the molecule is CCC(CC)C(=O)/C=C(\O)C(CC)CC.Cc1c2ccc(CC(C)(C)C)cc2n2c3cccnc3c3[c-]c4ccccc4cc3c12.[Ir]. The number of hydrogen-bond acceptors (Lipinski definition) is 3. The first-order chi connectivity index (χ1) is 22.0. The van der Waals surface area contributed by atoms with Crippen LogP contribution < -0.4 is 0 Å². The van der Waals surface area contributed by atoms with Gasteiger partial charge in [-0.1, -0.05) is 95.0 Å². The molecular weight excluding hydrogens is 757 g/mol. The molecule has 1 radical (unpaired) electrons. The first-order valence-corrected chi connectivity index (χ1v) is 17.0. The monoisotopic (exact) mass is 806 g/mol. The molecular formula is C42H49IrN2O2-. The second-order valence-corrected chi connectivity index (χ2v) is 13.9. The van der Waals surface area contributed by atoms with E-state index in [2.05, 4.69) is 92.8 Å². The zero-order valence-electron chi connectivity index (χ0n) is 29.2. The molecule has 0 aliphatic carbocycles. The Morgan fingerprint density at radius 1 is 0.894 bits per heavy atom. The minimum Gasteiger partial charge on any atom is -0.512 e. The minimum atomic E-state index is 0. The molecule has 0 amide bonds. The van der Waals surface area contributed by atoms with Crippen molar-refractivity contribution < 1.29 is 30.0 Å². The number of nitrogens with zero attached hydrogens (tertiary/aromatic N) is 2. The third-order valence-corrected chi connectivity index (χ3v) is 9.41. The number of aryl methyl sites for hydroxylation is 1. The van der Waals surface area contributed by atoms with Crippen LogP contribution in [-0.4, -0.2) is 20.3 Å². The van der Waals surface area contributed by atoms with Crippen LogP contribution in [0.1, 0.15) is 85.3 Å². The Morgan fingerprint density at radius 3 is 2.23 bits per heavy atom. The Labute approximate surface area is 293 Å². The van der Waals surface area contributed by atoms with E-state index < -0.39 is 0 Å². The number of aromatic nitrogens is 2. The van der Waals surface area contributed by atoms with Crippen LogP contribution in [0, 0.1) is 30.2 Å². The zero-order valence-corrected chi connectivity index (χ0v) is 31.6. The van der Waals surface area contributed by atoms with Crippen molar-refractivity contribution >= 4 is 54.8 Å². The molecule has 0 bridgehead atoms. The second-order valence-electron chi connectivity index (χ2n) is 13.9. The predicted molar refractivity (Wildman–Crippen MR) is 196 cm³/mol. The normalized spacial score (nSPS) is 12.3. The third kappa shape index (κ3) is 7.47. The van der Waals surface area contributed by atoms with E-state index in [1.807, 2.05) is 40.0 Å². The van der Waals surface area contributed by atoms with E-state index in [0.717, 1.165) is 53.9 Å². The molecule has 6 aromatic rings. The maximum absolute atomic E-state index is 11.7. The van der Waals surface area contributed by atoms with Crippen LogP contribution in [0.2, 0.25) is 0 Å². The summed E-state index contributed by atoms with van der Waals surface area (Å²) in [5.74, 6) is 0.547. The molecule has 3 heterocycles. The maximum atomic E-state index is 11.7. The fraction of sp³-hybridized carbons (Fsp3) is 0.381. The number of ketones is 1. The Kier molecular flexibility index (Phi) is 11.7. The Hall–Kier alpha value is -3.53. The molecule has 4 nitrogen and oxygen atoms in total. The largest absolute Gasteiger partial charge is 0.512 e. The molecule has 3 aromatic heterocycles. The number of aliphatic hydroxyl groups is 1. The van der Waals surface area contributed by atoms with Crippen molar-refractivity contribution in [2.75, 3.05) is 0 Å². The topological polar surface area (TPSA) is 54.6 Å². The summed E-state index contributed by atoms with van der Waals surface area (Å²) in [5, 5.41) is 15.7. The van der Waals surface area contributed by atoms with Gasteiger partial charge in [0.05, 0.1) is 11.3 Å². The summed E-state index contributed by atoms with van der Waals surface area (Å²) in [4.78, 5) is 16.5. The fourth-order valence-electron chi connectivity index (χ4n) is 6.88. The van der Waals surface area contributed by atoms with Crippen LogP contribution in [0.4, 0.5) is 0 Å². The minimum absolute atomic E-state index is 0. The van der Waals surface area contributed by atoms with Gasteiger partial charge in [0.1, 0.15) is 0 Å². The van der Waals surface area contributed by atoms with E-state index in [4.69, 9.17) is 4.98 Å². The van der Waals surface area contributed by atoms with E-state index in [-0.39, 0.29) is 48.9 Å². The average molecular weight is 806 g/mol. The summed E-state index contributed by atoms with van der Waals surface area (Å²) in [7, 11) is 0. The molecule has 6 rings (SSSR count). The number of fused-ring (bicyclic) bond motifs is 9. The maximum Gasteiger partial charge on any atom is 0.162 e. The average Bonchev–Trinajstić information content (AvgIpc) is 3.32. The van der Waals surface area contributed by atoms with Gasteiger partial charge >= 0.3 is 0 Å². The fourth-order valence-corrected chi connectivity index (χ4v) is 6.88. The Bertz CT molecular complexity index is 2060. The van der Waals surface area contributed by atoms with Crippen LogP contribution >= 0.6 is 0 Å². The summed E-state index contributed by atoms with van der Waals surface area (Å²) >= 11 is 0. The molecule has 3 aromatic carbocycles. The van der Waals surface area contributed by atoms with Crippen LogP contribution in [0.15, 0.2) is 78.7 Å². The van der Waals surface area contributed by atoms with Crippen LogP contribution in [0.5, 0.6) is 0 Å². The molecule has 0 fully saturated rings.